The van der Waals surface area contributed by atoms with Gasteiger partial charge in [0.25, 0.3) is 0 Å². The van der Waals surface area contributed by atoms with E-state index in [-0.39, 0.29) is 12.6 Å². The molecule has 0 unspecified atom stereocenters. The first kappa shape index (κ1) is 19.7. The van der Waals surface area contributed by atoms with Gasteiger partial charge in [0.05, 0.1) is 24.6 Å². The van der Waals surface area contributed by atoms with Gasteiger partial charge in [-0.2, -0.15) is 4.98 Å². The van der Waals surface area contributed by atoms with Gasteiger partial charge in [0, 0.05) is 12.1 Å². The summed E-state index contributed by atoms with van der Waals surface area (Å²) in [4.78, 5) is 8.70. The molecule has 0 fully saturated rings. The Labute approximate surface area is 164 Å². The maximum Gasteiger partial charge on any atom is 0.222 e. The van der Waals surface area contributed by atoms with E-state index in [9.17, 15) is 5.11 Å². The molecule has 3 rings (SSSR count). The molecule has 1 aromatic heterocycles. The highest BCUT2D eigenvalue weighted by atomic mass is 16.5. The average Bonchev–Trinajstić information content (AvgIpc) is 2.71. The van der Waals surface area contributed by atoms with Crippen LogP contribution >= 0.6 is 0 Å². The van der Waals surface area contributed by atoms with Gasteiger partial charge in [-0.15, -0.1) is 0 Å². The Balaban J connectivity index is 1.91. The zero-order valence-corrected chi connectivity index (χ0v) is 16.2. The van der Waals surface area contributed by atoms with E-state index in [2.05, 4.69) is 22.2 Å². The molecular weight excluding hydrogens is 356 g/mol. The smallest absolute Gasteiger partial charge is 0.222 e. The van der Waals surface area contributed by atoms with Crippen molar-refractivity contribution in [3.8, 4) is 11.5 Å². The second kappa shape index (κ2) is 9.23. The number of hydrogen-bond donors (Lipinski definition) is 3. The molecule has 148 valence electrons. The van der Waals surface area contributed by atoms with Crippen LogP contribution < -0.4 is 20.5 Å². The molecule has 0 aliphatic rings. The minimum absolute atomic E-state index is 0.0353. The summed E-state index contributed by atoms with van der Waals surface area (Å²) in [5.74, 6) is 2.25. The van der Waals surface area contributed by atoms with Crippen LogP contribution in [0.2, 0.25) is 0 Å². The topological polar surface area (TPSA) is 103 Å². The number of nitrogens with one attached hydrogen (secondary N) is 1. The fraction of sp³-hybridized carbons (Fsp3) is 0.333. The van der Waals surface area contributed by atoms with E-state index in [0.29, 0.717) is 23.9 Å². The number of fused-ring (bicyclic) bond motifs is 1. The minimum Gasteiger partial charge on any atom is -0.496 e. The monoisotopic (exact) mass is 382 g/mol. The molecule has 0 amide bonds. The van der Waals surface area contributed by atoms with Crippen molar-refractivity contribution >= 4 is 22.7 Å². The van der Waals surface area contributed by atoms with Crippen LogP contribution in [-0.4, -0.2) is 28.7 Å². The summed E-state index contributed by atoms with van der Waals surface area (Å²) in [6.45, 7) is 3.21. The molecule has 28 heavy (non-hydrogen) atoms. The number of rotatable bonds is 9. The van der Waals surface area contributed by atoms with Crippen molar-refractivity contribution < 1.29 is 14.6 Å². The molecule has 0 saturated carbocycles. The Morgan fingerprint density at radius 2 is 2.00 bits per heavy atom. The fourth-order valence-corrected chi connectivity index (χ4v) is 2.96. The van der Waals surface area contributed by atoms with Gasteiger partial charge < -0.3 is 25.6 Å². The van der Waals surface area contributed by atoms with Crippen molar-refractivity contribution in [2.45, 2.75) is 33.0 Å². The van der Waals surface area contributed by atoms with E-state index in [4.69, 9.17) is 15.2 Å². The predicted octanol–water partition coefficient (Wildman–Crippen LogP) is 3.50. The quantitative estimate of drug-likeness (QED) is 0.487. The van der Waals surface area contributed by atoms with Gasteiger partial charge in [-0.25, -0.2) is 4.98 Å². The van der Waals surface area contributed by atoms with Crippen LogP contribution in [0.5, 0.6) is 11.5 Å². The number of benzene rings is 2. The molecule has 0 saturated heterocycles. The molecule has 3 aromatic rings. The molecule has 0 bridgehead atoms. The molecule has 2 aromatic carbocycles. The first-order chi connectivity index (χ1) is 13.7. The molecule has 0 aliphatic carbocycles. The normalized spacial score (nSPS) is 10.8. The minimum atomic E-state index is -0.0353. The summed E-state index contributed by atoms with van der Waals surface area (Å²) in [5, 5.41) is 13.4. The van der Waals surface area contributed by atoms with Gasteiger partial charge in [0.1, 0.15) is 23.9 Å². The maximum absolute atomic E-state index is 9.30. The highest BCUT2D eigenvalue weighted by molar-refractivity contribution is 5.95. The Morgan fingerprint density at radius 1 is 1.14 bits per heavy atom. The summed E-state index contributed by atoms with van der Waals surface area (Å²) in [6.07, 6.45) is 2.11. The summed E-state index contributed by atoms with van der Waals surface area (Å²) < 4.78 is 11.5. The Hall–Kier alpha value is -3.06. The third-order valence-corrected chi connectivity index (χ3v) is 4.44. The van der Waals surface area contributed by atoms with Gasteiger partial charge in [-0.3, -0.25) is 0 Å². The SMILES string of the molecule is CCCCNc1nc(N)nc2cccc(OCc3ccc(CO)cc3OC)c12. The number of aliphatic hydroxyl groups is 1. The van der Waals surface area contributed by atoms with Gasteiger partial charge in [-0.1, -0.05) is 31.5 Å². The number of ether oxygens (including phenoxy) is 2. The molecule has 0 aliphatic heterocycles. The lowest BCUT2D eigenvalue weighted by atomic mass is 10.1. The number of nitrogen functional groups attached to an aromatic ring is 1. The second-order valence-corrected chi connectivity index (χ2v) is 6.45. The lowest BCUT2D eigenvalue weighted by Crippen LogP contribution is -2.08. The van der Waals surface area contributed by atoms with Crippen LogP contribution in [0.4, 0.5) is 11.8 Å². The third-order valence-electron chi connectivity index (χ3n) is 4.44. The molecule has 7 nitrogen and oxygen atoms in total. The summed E-state index contributed by atoms with van der Waals surface area (Å²) in [7, 11) is 1.60. The van der Waals surface area contributed by atoms with E-state index in [1.54, 1.807) is 7.11 Å². The molecule has 0 spiro atoms. The largest absolute Gasteiger partial charge is 0.496 e. The third kappa shape index (κ3) is 4.43. The average molecular weight is 382 g/mol. The number of hydrogen-bond acceptors (Lipinski definition) is 7. The van der Waals surface area contributed by atoms with E-state index in [0.717, 1.165) is 41.4 Å². The second-order valence-electron chi connectivity index (χ2n) is 6.45. The van der Waals surface area contributed by atoms with Crippen LogP contribution in [0, 0.1) is 0 Å². The predicted molar refractivity (Wildman–Crippen MR) is 111 cm³/mol. The van der Waals surface area contributed by atoms with Crippen molar-refractivity contribution in [2.75, 3.05) is 24.7 Å². The number of nitrogens with zero attached hydrogens (tertiary/aromatic N) is 2. The van der Waals surface area contributed by atoms with E-state index < -0.39 is 0 Å². The van der Waals surface area contributed by atoms with Crippen molar-refractivity contribution in [3.63, 3.8) is 0 Å². The molecule has 7 heteroatoms. The van der Waals surface area contributed by atoms with Crippen LogP contribution in [0.3, 0.4) is 0 Å². The van der Waals surface area contributed by atoms with Crippen molar-refractivity contribution in [1.82, 2.24) is 9.97 Å². The standard InChI is InChI=1S/C21H26N4O3/c1-3-4-10-23-20-19-16(24-21(22)25-20)6-5-7-17(19)28-13-15-9-8-14(12-26)11-18(15)27-2/h5-9,11,26H,3-4,10,12-13H2,1-2H3,(H3,22,23,24,25). The van der Waals surface area contributed by atoms with Crippen LogP contribution in [0.15, 0.2) is 36.4 Å². The van der Waals surface area contributed by atoms with E-state index in [1.807, 2.05) is 36.4 Å². The van der Waals surface area contributed by atoms with Crippen LogP contribution in [0.1, 0.15) is 30.9 Å². The van der Waals surface area contributed by atoms with Gasteiger partial charge in [0.15, 0.2) is 0 Å². The number of nitrogens with two attached hydrogens (primary N) is 1. The zero-order chi connectivity index (χ0) is 19.9. The van der Waals surface area contributed by atoms with Crippen molar-refractivity contribution in [1.29, 1.82) is 0 Å². The number of methoxy groups -OCH3 is 1. The van der Waals surface area contributed by atoms with Crippen molar-refractivity contribution in [3.05, 3.63) is 47.5 Å². The van der Waals surface area contributed by atoms with Crippen LogP contribution in [0.25, 0.3) is 10.9 Å². The Kier molecular flexibility index (Phi) is 6.49. The number of anilines is 2. The van der Waals surface area contributed by atoms with E-state index >= 15 is 0 Å². The number of aliphatic hydroxyl groups excluding tert-OH is 1. The van der Waals surface area contributed by atoms with Crippen molar-refractivity contribution in [2.24, 2.45) is 0 Å². The van der Waals surface area contributed by atoms with Gasteiger partial charge in [0.2, 0.25) is 5.95 Å². The first-order valence-electron chi connectivity index (χ1n) is 9.35. The molecule has 1 heterocycles. The molecule has 4 N–H and O–H groups in total. The molecule has 0 atom stereocenters. The summed E-state index contributed by atoms with van der Waals surface area (Å²) >= 11 is 0. The number of aromatic nitrogens is 2. The highest BCUT2D eigenvalue weighted by Crippen LogP contribution is 2.32. The molecule has 0 radical (unpaired) electrons. The first-order valence-corrected chi connectivity index (χ1v) is 9.35. The summed E-state index contributed by atoms with van der Waals surface area (Å²) in [6, 6.07) is 11.2. The Morgan fingerprint density at radius 3 is 2.75 bits per heavy atom. The Bertz CT molecular complexity index is 946. The van der Waals surface area contributed by atoms with Gasteiger partial charge >= 0.3 is 0 Å². The van der Waals surface area contributed by atoms with Gasteiger partial charge in [-0.05, 0) is 30.2 Å². The maximum atomic E-state index is 9.30. The fourth-order valence-electron chi connectivity index (χ4n) is 2.96. The lowest BCUT2D eigenvalue weighted by molar-refractivity contribution is 0.279. The van der Waals surface area contributed by atoms with E-state index in [1.165, 1.54) is 0 Å². The highest BCUT2D eigenvalue weighted by Gasteiger charge is 2.13. The summed E-state index contributed by atoms with van der Waals surface area (Å²) in [5.41, 5.74) is 8.27. The zero-order valence-electron chi connectivity index (χ0n) is 16.2. The van der Waals surface area contributed by atoms with Crippen LogP contribution in [-0.2, 0) is 13.2 Å². The molecular formula is C21H26N4O3. The lowest BCUT2D eigenvalue weighted by Gasteiger charge is -2.15. The number of unbranched alkanes of at least 4 members (excludes halogenated alkanes) is 1.